The number of nitrogens with one attached hydrogen (secondary N) is 1. The Morgan fingerprint density at radius 3 is 2.59 bits per heavy atom. The molecule has 0 heterocycles. The smallest absolute Gasteiger partial charge is 0.342 e. The van der Waals surface area contributed by atoms with E-state index in [-0.39, 0.29) is 23.3 Å². The van der Waals surface area contributed by atoms with Gasteiger partial charge in [-0.1, -0.05) is 25.3 Å². The normalized spacial score (nSPS) is 16.8. The van der Waals surface area contributed by atoms with Crippen molar-refractivity contribution in [3.8, 4) is 5.75 Å². The van der Waals surface area contributed by atoms with Gasteiger partial charge in [-0.25, -0.2) is 4.79 Å². The van der Waals surface area contributed by atoms with Crippen molar-refractivity contribution in [3.63, 3.8) is 0 Å². The van der Waals surface area contributed by atoms with Gasteiger partial charge in [-0.05, 0) is 44.4 Å². The van der Waals surface area contributed by atoms with Crippen molar-refractivity contribution >= 4 is 11.9 Å². The van der Waals surface area contributed by atoms with E-state index in [0.29, 0.717) is 0 Å². The average molecular weight is 305 g/mol. The number of esters is 1. The van der Waals surface area contributed by atoms with Gasteiger partial charge in [0.05, 0.1) is 0 Å². The molecule has 1 aromatic carbocycles. The van der Waals surface area contributed by atoms with E-state index in [4.69, 9.17) is 4.74 Å². The average Bonchev–Trinajstić information content (AvgIpc) is 2.47. The zero-order chi connectivity index (χ0) is 16.1. The quantitative estimate of drug-likeness (QED) is 0.839. The molecule has 0 unspecified atom stereocenters. The summed E-state index contributed by atoms with van der Waals surface area (Å²) in [4.78, 5) is 24.1. The predicted octanol–water partition coefficient (Wildman–Crippen LogP) is 2.69. The Hall–Kier alpha value is -2.04. The first-order valence-electron chi connectivity index (χ1n) is 7.78. The third-order valence-corrected chi connectivity index (χ3v) is 3.98. The molecular formula is C17H23NO4. The lowest BCUT2D eigenvalue weighted by Gasteiger charge is -2.24. The van der Waals surface area contributed by atoms with E-state index in [9.17, 15) is 14.7 Å². The fourth-order valence-corrected chi connectivity index (χ4v) is 2.66. The molecule has 1 aromatic rings. The number of aromatic hydroxyl groups is 1. The number of rotatable bonds is 4. The van der Waals surface area contributed by atoms with Crippen molar-refractivity contribution < 1.29 is 19.4 Å². The van der Waals surface area contributed by atoms with Gasteiger partial charge < -0.3 is 15.2 Å². The van der Waals surface area contributed by atoms with Crippen LogP contribution in [0.4, 0.5) is 0 Å². The van der Waals surface area contributed by atoms with Crippen LogP contribution in [0, 0.1) is 6.92 Å². The first-order valence-corrected chi connectivity index (χ1v) is 7.78. The maximum Gasteiger partial charge on any atom is 0.342 e. The van der Waals surface area contributed by atoms with E-state index < -0.39 is 12.1 Å². The fourth-order valence-electron chi connectivity index (χ4n) is 2.66. The van der Waals surface area contributed by atoms with Gasteiger partial charge in [-0.3, -0.25) is 4.79 Å². The minimum absolute atomic E-state index is 0.0721. The molecule has 0 spiro atoms. The molecule has 5 heteroatoms. The number of ether oxygens (including phenoxy) is 1. The Morgan fingerprint density at radius 1 is 1.27 bits per heavy atom. The Kier molecular flexibility index (Phi) is 5.41. The SMILES string of the molecule is Cc1ccc(C(=O)O[C@@H](C)C(=O)NC2CCCCC2)c(O)c1. The monoisotopic (exact) mass is 305 g/mol. The highest BCUT2D eigenvalue weighted by Crippen LogP contribution is 2.20. The summed E-state index contributed by atoms with van der Waals surface area (Å²) in [5, 5.41) is 12.7. The maximum absolute atomic E-state index is 12.1. The molecule has 0 aliphatic heterocycles. The zero-order valence-electron chi connectivity index (χ0n) is 13.1. The number of phenols is 1. The van der Waals surface area contributed by atoms with Crippen molar-refractivity contribution in [2.75, 3.05) is 0 Å². The highest BCUT2D eigenvalue weighted by molar-refractivity contribution is 5.94. The second-order valence-electron chi connectivity index (χ2n) is 5.91. The summed E-state index contributed by atoms with van der Waals surface area (Å²) in [7, 11) is 0. The minimum Gasteiger partial charge on any atom is -0.507 e. The summed E-state index contributed by atoms with van der Waals surface area (Å²) in [6, 6.07) is 4.88. The third kappa shape index (κ3) is 4.23. The van der Waals surface area contributed by atoms with Crippen LogP contribution in [0.2, 0.25) is 0 Å². The molecular weight excluding hydrogens is 282 g/mol. The lowest BCUT2D eigenvalue weighted by molar-refractivity contribution is -0.130. The van der Waals surface area contributed by atoms with E-state index in [0.717, 1.165) is 31.2 Å². The van der Waals surface area contributed by atoms with Crippen LogP contribution in [-0.4, -0.2) is 29.1 Å². The molecule has 0 radical (unpaired) electrons. The van der Waals surface area contributed by atoms with Crippen LogP contribution in [0.1, 0.15) is 54.9 Å². The summed E-state index contributed by atoms with van der Waals surface area (Å²) in [6.07, 6.45) is 4.53. The summed E-state index contributed by atoms with van der Waals surface area (Å²) < 4.78 is 5.15. The van der Waals surface area contributed by atoms with E-state index in [1.807, 2.05) is 6.92 Å². The minimum atomic E-state index is -0.880. The summed E-state index contributed by atoms with van der Waals surface area (Å²) in [6.45, 7) is 3.36. The molecule has 2 N–H and O–H groups in total. The fraction of sp³-hybridized carbons (Fsp3) is 0.529. The molecule has 1 atom stereocenters. The molecule has 0 saturated heterocycles. The van der Waals surface area contributed by atoms with Crippen LogP contribution < -0.4 is 5.32 Å². The number of carbonyl (C=O) groups is 2. The van der Waals surface area contributed by atoms with Gasteiger partial charge in [0.1, 0.15) is 11.3 Å². The topological polar surface area (TPSA) is 75.6 Å². The molecule has 1 fully saturated rings. The van der Waals surface area contributed by atoms with Gasteiger partial charge in [0.25, 0.3) is 5.91 Å². The maximum atomic E-state index is 12.1. The van der Waals surface area contributed by atoms with Gasteiger partial charge >= 0.3 is 5.97 Å². The molecule has 2 rings (SSSR count). The van der Waals surface area contributed by atoms with E-state index >= 15 is 0 Å². The van der Waals surface area contributed by atoms with Crippen molar-refractivity contribution in [3.05, 3.63) is 29.3 Å². The number of hydrogen-bond acceptors (Lipinski definition) is 4. The predicted molar refractivity (Wildman–Crippen MR) is 82.7 cm³/mol. The molecule has 1 amide bonds. The van der Waals surface area contributed by atoms with E-state index in [1.165, 1.54) is 18.6 Å². The summed E-state index contributed by atoms with van der Waals surface area (Å²) >= 11 is 0. The largest absolute Gasteiger partial charge is 0.507 e. The highest BCUT2D eigenvalue weighted by Gasteiger charge is 2.23. The number of aryl methyl sites for hydroxylation is 1. The van der Waals surface area contributed by atoms with Crippen molar-refractivity contribution in [2.45, 2.75) is 58.1 Å². The molecule has 120 valence electrons. The second kappa shape index (κ2) is 7.29. The number of carbonyl (C=O) groups excluding carboxylic acids is 2. The number of phenolic OH excluding ortho intramolecular Hbond substituents is 1. The van der Waals surface area contributed by atoms with Gasteiger partial charge in [-0.15, -0.1) is 0 Å². The molecule has 5 nitrogen and oxygen atoms in total. The molecule has 1 saturated carbocycles. The lowest BCUT2D eigenvalue weighted by Crippen LogP contribution is -2.42. The van der Waals surface area contributed by atoms with Gasteiger partial charge in [0, 0.05) is 6.04 Å². The standard InChI is InChI=1S/C17H23NO4/c1-11-8-9-14(15(19)10-11)17(21)22-12(2)16(20)18-13-6-4-3-5-7-13/h8-10,12-13,19H,3-7H2,1-2H3,(H,18,20)/t12-/m0/s1. The summed E-state index contributed by atoms with van der Waals surface area (Å²) in [5.41, 5.74) is 0.917. The van der Waals surface area contributed by atoms with Crippen LogP contribution >= 0.6 is 0 Å². The van der Waals surface area contributed by atoms with Crippen LogP contribution in [0.5, 0.6) is 5.75 Å². The first kappa shape index (κ1) is 16.3. The Bertz CT molecular complexity index is 550. The van der Waals surface area contributed by atoms with Crippen LogP contribution in [0.3, 0.4) is 0 Å². The van der Waals surface area contributed by atoms with Gasteiger partial charge in [-0.2, -0.15) is 0 Å². The Labute approximate surface area is 130 Å². The summed E-state index contributed by atoms with van der Waals surface area (Å²) in [5.74, 6) is -1.11. The van der Waals surface area contributed by atoms with E-state index in [1.54, 1.807) is 13.0 Å². The van der Waals surface area contributed by atoms with Gasteiger partial charge in [0.15, 0.2) is 6.10 Å². The van der Waals surface area contributed by atoms with Crippen molar-refractivity contribution in [2.24, 2.45) is 0 Å². The second-order valence-corrected chi connectivity index (χ2v) is 5.91. The molecule has 0 aromatic heterocycles. The molecule has 0 bridgehead atoms. The Morgan fingerprint density at radius 2 is 1.95 bits per heavy atom. The molecule has 1 aliphatic rings. The van der Waals surface area contributed by atoms with Crippen molar-refractivity contribution in [1.82, 2.24) is 5.32 Å². The van der Waals surface area contributed by atoms with Crippen LogP contribution in [-0.2, 0) is 9.53 Å². The van der Waals surface area contributed by atoms with Crippen LogP contribution in [0.25, 0.3) is 0 Å². The Balaban J connectivity index is 1.91. The number of amides is 1. The molecule has 1 aliphatic carbocycles. The van der Waals surface area contributed by atoms with Crippen molar-refractivity contribution in [1.29, 1.82) is 0 Å². The third-order valence-electron chi connectivity index (χ3n) is 3.98. The number of hydrogen-bond donors (Lipinski definition) is 2. The van der Waals surface area contributed by atoms with Crippen LogP contribution in [0.15, 0.2) is 18.2 Å². The number of benzene rings is 1. The highest BCUT2D eigenvalue weighted by atomic mass is 16.5. The zero-order valence-corrected chi connectivity index (χ0v) is 13.1. The first-order chi connectivity index (χ1) is 10.5. The van der Waals surface area contributed by atoms with Gasteiger partial charge in [0.2, 0.25) is 0 Å². The lowest BCUT2D eigenvalue weighted by atomic mass is 9.95. The van der Waals surface area contributed by atoms with E-state index in [2.05, 4.69) is 5.32 Å². The molecule has 22 heavy (non-hydrogen) atoms.